The van der Waals surface area contributed by atoms with E-state index in [4.69, 9.17) is 0 Å². The Morgan fingerprint density at radius 2 is 2.00 bits per heavy atom. The monoisotopic (exact) mass is 225 g/mol. The van der Waals surface area contributed by atoms with Crippen LogP contribution in [0.4, 0.5) is 5.95 Å². The van der Waals surface area contributed by atoms with Crippen LogP contribution in [0.2, 0.25) is 0 Å². The molecule has 1 aromatic rings. The zero-order valence-corrected chi connectivity index (χ0v) is 9.43. The smallest absolute Gasteiger partial charge is 0.227 e. The SMILES string of the molecule is Cn1c(C(=O)[O-])nnc1N1CC[NH+](C)CC1. The van der Waals surface area contributed by atoms with Gasteiger partial charge in [-0.25, -0.2) is 0 Å². The van der Waals surface area contributed by atoms with Gasteiger partial charge in [-0.05, 0) is 0 Å². The summed E-state index contributed by atoms with van der Waals surface area (Å²) in [5, 5.41) is 18.2. The van der Waals surface area contributed by atoms with Crippen molar-refractivity contribution in [3.05, 3.63) is 5.82 Å². The van der Waals surface area contributed by atoms with Gasteiger partial charge >= 0.3 is 0 Å². The quantitative estimate of drug-likeness (QED) is 0.565. The summed E-state index contributed by atoms with van der Waals surface area (Å²) in [5.41, 5.74) is 0. The summed E-state index contributed by atoms with van der Waals surface area (Å²) >= 11 is 0. The third-order valence-electron chi connectivity index (χ3n) is 2.93. The topological polar surface area (TPSA) is 78.5 Å². The highest BCUT2D eigenvalue weighted by atomic mass is 16.4. The summed E-state index contributed by atoms with van der Waals surface area (Å²) in [4.78, 5) is 14.2. The standard InChI is InChI=1S/C9H15N5O2/c1-12-3-5-14(6-4-12)9-11-10-7(8(15)16)13(9)2/h3-6H2,1-2H3,(H,15,16). The van der Waals surface area contributed by atoms with Gasteiger partial charge in [0.15, 0.2) is 5.82 Å². The Balaban J connectivity index is 2.18. The Hall–Kier alpha value is -1.63. The number of quaternary nitrogens is 1. The second-order valence-corrected chi connectivity index (χ2v) is 4.11. The van der Waals surface area contributed by atoms with E-state index in [0.29, 0.717) is 5.95 Å². The number of nitrogens with zero attached hydrogens (tertiary/aromatic N) is 4. The molecule has 1 aromatic heterocycles. The molecule has 0 amide bonds. The summed E-state index contributed by atoms with van der Waals surface area (Å²) in [6, 6.07) is 0. The number of hydrogen-bond acceptors (Lipinski definition) is 5. The van der Waals surface area contributed by atoms with E-state index in [1.165, 1.54) is 9.47 Å². The number of anilines is 1. The minimum atomic E-state index is -1.29. The molecule has 1 N–H and O–H groups in total. The Kier molecular flexibility index (Phi) is 2.78. The number of carboxylic acids is 1. The lowest BCUT2D eigenvalue weighted by molar-refractivity contribution is -0.880. The van der Waals surface area contributed by atoms with Gasteiger partial charge in [-0.15, -0.1) is 10.2 Å². The first kappa shape index (κ1) is 10.9. The van der Waals surface area contributed by atoms with Crippen molar-refractivity contribution in [1.29, 1.82) is 0 Å². The Labute approximate surface area is 93.3 Å². The van der Waals surface area contributed by atoms with Crippen LogP contribution in [-0.2, 0) is 7.05 Å². The predicted octanol–water partition coefficient (Wildman–Crippen LogP) is -3.49. The highest BCUT2D eigenvalue weighted by Gasteiger charge is 2.21. The Morgan fingerprint density at radius 3 is 2.50 bits per heavy atom. The zero-order valence-electron chi connectivity index (χ0n) is 9.43. The van der Waals surface area contributed by atoms with Crippen molar-refractivity contribution in [1.82, 2.24) is 14.8 Å². The van der Waals surface area contributed by atoms with Crippen molar-refractivity contribution in [3.8, 4) is 0 Å². The van der Waals surface area contributed by atoms with Crippen LogP contribution < -0.4 is 14.9 Å². The number of aromatic carboxylic acids is 1. The lowest BCUT2D eigenvalue weighted by Crippen LogP contribution is -3.12. The van der Waals surface area contributed by atoms with Gasteiger partial charge < -0.3 is 19.7 Å². The minimum Gasteiger partial charge on any atom is -0.541 e. The van der Waals surface area contributed by atoms with Gasteiger partial charge in [-0.1, -0.05) is 0 Å². The lowest BCUT2D eigenvalue weighted by Gasteiger charge is -2.30. The first-order valence-electron chi connectivity index (χ1n) is 5.26. The molecule has 1 fully saturated rings. The molecular formula is C9H15N5O2. The van der Waals surface area contributed by atoms with E-state index in [1.807, 2.05) is 4.90 Å². The summed E-state index contributed by atoms with van der Waals surface area (Å²) in [7, 11) is 3.78. The van der Waals surface area contributed by atoms with Crippen molar-refractivity contribution in [2.75, 3.05) is 38.1 Å². The molecular weight excluding hydrogens is 210 g/mol. The molecule has 88 valence electrons. The molecule has 1 saturated heterocycles. The molecule has 2 rings (SSSR count). The maximum Gasteiger partial charge on any atom is 0.227 e. The molecule has 1 aliphatic rings. The maximum absolute atomic E-state index is 10.7. The van der Waals surface area contributed by atoms with Gasteiger partial charge in [0.2, 0.25) is 5.95 Å². The fourth-order valence-corrected chi connectivity index (χ4v) is 1.86. The molecule has 7 nitrogen and oxygen atoms in total. The molecule has 2 heterocycles. The second-order valence-electron chi connectivity index (χ2n) is 4.11. The van der Waals surface area contributed by atoms with Gasteiger partial charge in [-0.3, -0.25) is 4.57 Å². The fraction of sp³-hybridized carbons (Fsp3) is 0.667. The third kappa shape index (κ3) is 1.85. The number of piperazine rings is 1. The highest BCUT2D eigenvalue weighted by molar-refractivity contribution is 5.81. The van der Waals surface area contributed by atoms with Crippen LogP contribution in [0.3, 0.4) is 0 Å². The van der Waals surface area contributed by atoms with Gasteiger partial charge in [0.05, 0.1) is 33.2 Å². The van der Waals surface area contributed by atoms with Crippen molar-refractivity contribution < 1.29 is 14.8 Å². The van der Waals surface area contributed by atoms with E-state index >= 15 is 0 Å². The first-order chi connectivity index (χ1) is 7.59. The van der Waals surface area contributed by atoms with E-state index < -0.39 is 5.97 Å². The molecule has 0 atom stereocenters. The highest BCUT2D eigenvalue weighted by Crippen LogP contribution is 2.10. The summed E-state index contributed by atoms with van der Waals surface area (Å²) in [6.07, 6.45) is 0. The van der Waals surface area contributed by atoms with Crippen molar-refractivity contribution >= 4 is 11.9 Å². The molecule has 0 bridgehead atoms. The van der Waals surface area contributed by atoms with Crippen molar-refractivity contribution in [3.63, 3.8) is 0 Å². The van der Waals surface area contributed by atoms with Gasteiger partial charge in [0.1, 0.15) is 5.97 Å². The molecule has 7 heteroatoms. The first-order valence-corrected chi connectivity index (χ1v) is 5.26. The fourth-order valence-electron chi connectivity index (χ4n) is 1.86. The summed E-state index contributed by atoms with van der Waals surface area (Å²) in [5.74, 6) is -0.811. The molecule has 0 radical (unpaired) electrons. The van der Waals surface area contributed by atoms with Crippen LogP contribution in [0.1, 0.15) is 10.6 Å². The number of aromatic nitrogens is 3. The van der Waals surface area contributed by atoms with E-state index in [2.05, 4.69) is 17.2 Å². The molecule has 1 aliphatic heterocycles. The van der Waals surface area contributed by atoms with Crippen LogP contribution in [0.5, 0.6) is 0 Å². The van der Waals surface area contributed by atoms with Crippen LogP contribution in [0.25, 0.3) is 0 Å². The average molecular weight is 225 g/mol. The lowest BCUT2D eigenvalue weighted by atomic mass is 10.3. The molecule has 0 saturated carbocycles. The minimum absolute atomic E-state index is 0.124. The third-order valence-corrected chi connectivity index (χ3v) is 2.93. The van der Waals surface area contributed by atoms with Gasteiger partial charge in [-0.2, -0.15) is 0 Å². The molecule has 16 heavy (non-hydrogen) atoms. The number of nitrogens with one attached hydrogen (secondary N) is 1. The van der Waals surface area contributed by atoms with Crippen LogP contribution >= 0.6 is 0 Å². The van der Waals surface area contributed by atoms with E-state index in [0.717, 1.165) is 26.2 Å². The number of carbonyl (C=O) groups is 1. The molecule has 0 unspecified atom stereocenters. The average Bonchev–Trinajstić information content (AvgIpc) is 2.61. The van der Waals surface area contributed by atoms with E-state index in [1.54, 1.807) is 7.05 Å². The van der Waals surface area contributed by atoms with Crippen molar-refractivity contribution in [2.45, 2.75) is 0 Å². The predicted molar refractivity (Wildman–Crippen MR) is 54.2 cm³/mol. The van der Waals surface area contributed by atoms with Crippen LogP contribution in [0.15, 0.2) is 0 Å². The molecule has 0 aliphatic carbocycles. The number of carbonyl (C=O) groups excluding carboxylic acids is 1. The Morgan fingerprint density at radius 1 is 1.38 bits per heavy atom. The molecule has 0 aromatic carbocycles. The molecule has 0 spiro atoms. The zero-order chi connectivity index (χ0) is 11.7. The summed E-state index contributed by atoms with van der Waals surface area (Å²) in [6.45, 7) is 3.77. The number of likely N-dealkylation sites (N-methyl/N-ethyl adjacent to an activating group) is 1. The van der Waals surface area contributed by atoms with E-state index in [-0.39, 0.29) is 5.82 Å². The van der Waals surface area contributed by atoms with Crippen LogP contribution in [-0.4, -0.2) is 54.0 Å². The van der Waals surface area contributed by atoms with Crippen LogP contribution in [0, 0.1) is 0 Å². The van der Waals surface area contributed by atoms with Crippen molar-refractivity contribution in [2.24, 2.45) is 7.05 Å². The summed E-state index contributed by atoms with van der Waals surface area (Å²) < 4.78 is 1.47. The second kappa shape index (κ2) is 4.09. The van der Waals surface area contributed by atoms with Gasteiger partial charge in [0, 0.05) is 7.05 Å². The maximum atomic E-state index is 10.7. The Bertz CT molecular complexity index is 395. The number of carboxylic acid groups (broad SMARTS) is 1. The largest absolute Gasteiger partial charge is 0.541 e. The normalized spacial score (nSPS) is 17.8. The number of rotatable bonds is 2. The van der Waals surface area contributed by atoms with E-state index in [9.17, 15) is 9.90 Å². The van der Waals surface area contributed by atoms with Gasteiger partial charge in [0.25, 0.3) is 0 Å². The number of hydrogen-bond donors (Lipinski definition) is 1.